The summed E-state index contributed by atoms with van der Waals surface area (Å²) in [6, 6.07) is 10.1. The predicted octanol–water partition coefficient (Wildman–Crippen LogP) is 3.99. The Hall–Kier alpha value is -1.47. The third-order valence-corrected chi connectivity index (χ3v) is 6.30. The highest BCUT2D eigenvalue weighted by atomic mass is 35.5. The monoisotopic (exact) mass is 345 g/mol. The van der Waals surface area contributed by atoms with Crippen LogP contribution >= 0.6 is 23.2 Å². The van der Waals surface area contributed by atoms with E-state index in [0.29, 0.717) is 15.6 Å². The zero-order chi connectivity index (χ0) is 16.1. The molecule has 1 saturated heterocycles. The van der Waals surface area contributed by atoms with Crippen LogP contribution in [0.4, 0.5) is 0 Å². The van der Waals surface area contributed by atoms with Gasteiger partial charge in [-0.1, -0.05) is 29.3 Å². The van der Waals surface area contributed by atoms with Gasteiger partial charge in [0.15, 0.2) is 0 Å². The van der Waals surface area contributed by atoms with Crippen molar-refractivity contribution in [1.82, 2.24) is 9.88 Å². The van der Waals surface area contributed by atoms with Crippen molar-refractivity contribution >= 4 is 23.2 Å². The summed E-state index contributed by atoms with van der Waals surface area (Å²) in [7, 11) is 0. The molecule has 118 valence electrons. The maximum Gasteiger partial charge on any atom is 0.101 e. The van der Waals surface area contributed by atoms with Crippen LogP contribution in [0.1, 0.15) is 24.0 Å². The minimum Gasteiger partial charge on any atom is -0.352 e. The number of benzene rings is 1. The Labute approximate surface area is 145 Å². The van der Waals surface area contributed by atoms with Crippen molar-refractivity contribution in [2.24, 2.45) is 5.41 Å². The van der Waals surface area contributed by atoms with Crippen LogP contribution in [0, 0.1) is 16.7 Å². The molecule has 1 saturated carbocycles. The Balaban J connectivity index is 1.67. The van der Waals surface area contributed by atoms with E-state index in [1.54, 1.807) is 0 Å². The first-order valence-electron chi connectivity index (χ1n) is 7.81. The van der Waals surface area contributed by atoms with Crippen LogP contribution in [0.15, 0.2) is 36.7 Å². The van der Waals surface area contributed by atoms with Crippen LogP contribution in [0.3, 0.4) is 0 Å². The van der Waals surface area contributed by atoms with E-state index in [1.807, 2.05) is 30.6 Å². The maximum absolute atomic E-state index is 9.01. The van der Waals surface area contributed by atoms with Gasteiger partial charge in [-0.05, 0) is 43.1 Å². The van der Waals surface area contributed by atoms with E-state index >= 15 is 0 Å². The van der Waals surface area contributed by atoms with Crippen molar-refractivity contribution in [3.05, 3.63) is 57.8 Å². The fourth-order valence-corrected chi connectivity index (χ4v) is 4.61. The topological polar surface area (TPSA) is 40.8 Å². The minimum atomic E-state index is 0.170. The standard InChI is InChI=1S/C18H17Cl2N3/c19-15-2-1-14(7-16(15)20)18-4-5-22-11-17(18,10-18)12-23-6-3-13(8-21)9-23/h1-3,6-7,9,22H,4-5,10-12H2. The summed E-state index contributed by atoms with van der Waals surface area (Å²) < 4.78 is 2.14. The molecule has 0 radical (unpaired) electrons. The summed E-state index contributed by atoms with van der Waals surface area (Å²) in [4.78, 5) is 0. The van der Waals surface area contributed by atoms with Crippen molar-refractivity contribution in [3.63, 3.8) is 0 Å². The number of nitriles is 1. The maximum atomic E-state index is 9.01. The molecule has 2 unspecified atom stereocenters. The third-order valence-electron chi connectivity index (χ3n) is 5.56. The second-order valence-corrected chi connectivity index (χ2v) is 7.59. The largest absolute Gasteiger partial charge is 0.352 e. The highest BCUT2D eigenvalue weighted by Crippen LogP contribution is 2.68. The molecule has 3 nitrogen and oxygen atoms in total. The van der Waals surface area contributed by atoms with E-state index in [1.165, 1.54) is 5.56 Å². The number of fused-ring (bicyclic) bond motifs is 1. The molecule has 23 heavy (non-hydrogen) atoms. The highest BCUT2D eigenvalue weighted by Gasteiger charge is 2.68. The molecule has 2 heterocycles. The zero-order valence-corrected chi connectivity index (χ0v) is 14.2. The Morgan fingerprint density at radius 1 is 1.26 bits per heavy atom. The molecule has 4 rings (SSSR count). The molecule has 2 aliphatic rings. The number of nitrogens with zero attached hydrogens (tertiary/aromatic N) is 2. The fraction of sp³-hybridized carbons (Fsp3) is 0.389. The van der Waals surface area contributed by atoms with E-state index in [4.69, 9.17) is 28.5 Å². The van der Waals surface area contributed by atoms with E-state index in [0.717, 1.165) is 32.5 Å². The predicted molar refractivity (Wildman–Crippen MR) is 91.8 cm³/mol. The number of hydrogen-bond donors (Lipinski definition) is 1. The smallest absolute Gasteiger partial charge is 0.101 e. The molecule has 5 heteroatoms. The molecule has 1 aromatic carbocycles. The van der Waals surface area contributed by atoms with Crippen LogP contribution in [-0.2, 0) is 12.0 Å². The first kappa shape index (κ1) is 15.1. The van der Waals surface area contributed by atoms with Gasteiger partial charge in [0.05, 0.1) is 15.6 Å². The molecule has 0 bridgehead atoms. The van der Waals surface area contributed by atoms with Crippen LogP contribution < -0.4 is 5.32 Å². The molecule has 2 atom stereocenters. The summed E-state index contributed by atoms with van der Waals surface area (Å²) in [5.41, 5.74) is 2.37. The van der Waals surface area contributed by atoms with Crippen molar-refractivity contribution in [2.45, 2.75) is 24.8 Å². The van der Waals surface area contributed by atoms with Gasteiger partial charge in [-0.2, -0.15) is 5.26 Å². The van der Waals surface area contributed by atoms with Crippen LogP contribution in [0.2, 0.25) is 10.0 Å². The summed E-state index contributed by atoms with van der Waals surface area (Å²) in [6.07, 6.45) is 6.18. The Kier molecular flexibility index (Phi) is 3.46. The normalized spacial score (nSPS) is 28.9. The molecule has 0 spiro atoms. The average Bonchev–Trinajstić information content (AvgIpc) is 3.02. The lowest BCUT2D eigenvalue weighted by atomic mass is 9.81. The van der Waals surface area contributed by atoms with Crippen molar-refractivity contribution in [1.29, 1.82) is 5.26 Å². The van der Waals surface area contributed by atoms with Gasteiger partial charge in [0.25, 0.3) is 0 Å². The van der Waals surface area contributed by atoms with Crippen LogP contribution in [-0.4, -0.2) is 17.7 Å². The van der Waals surface area contributed by atoms with Gasteiger partial charge in [0.1, 0.15) is 6.07 Å². The zero-order valence-electron chi connectivity index (χ0n) is 12.6. The lowest BCUT2D eigenvalue weighted by Crippen LogP contribution is -2.40. The SMILES string of the molecule is N#Cc1ccn(CC23CNCCC2(c2ccc(Cl)c(Cl)c2)C3)c1. The van der Waals surface area contributed by atoms with Crippen molar-refractivity contribution < 1.29 is 0 Å². The number of rotatable bonds is 3. The lowest BCUT2D eigenvalue weighted by Gasteiger charge is -2.32. The summed E-state index contributed by atoms with van der Waals surface area (Å²) in [6.45, 7) is 2.94. The number of aromatic nitrogens is 1. The van der Waals surface area contributed by atoms with Crippen molar-refractivity contribution in [3.8, 4) is 6.07 Å². The molecule has 1 aliphatic carbocycles. The molecule has 0 amide bonds. The average molecular weight is 346 g/mol. The lowest BCUT2D eigenvalue weighted by molar-refractivity contribution is 0.285. The Morgan fingerprint density at radius 2 is 2.13 bits per heavy atom. The van der Waals surface area contributed by atoms with Gasteiger partial charge in [-0.3, -0.25) is 0 Å². The number of nitrogens with one attached hydrogen (secondary N) is 1. The molecule has 1 aliphatic heterocycles. The minimum absolute atomic E-state index is 0.170. The number of piperidine rings is 1. The molecule has 1 N–H and O–H groups in total. The fourth-order valence-electron chi connectivity index (χ4n) is 4.31. The van der Waals surface area contributed by atoms with Gasteiger partial charge >= 0.3 is 0 Å². The van der Waals surface area contributed by atoms with E-state index in [2.05, 4.69) is 22.0 Å². The molecule has 1 aromatic heterocycles. The summed E-state index contributed by atoms with van der Waals surface area (Å²) >= 11 is 12.3. The summed E-state index contributed by atoms with van der Waals surface area (Å²) in [5, 5.41) is 13.8. The summed E-state index contributed by atoms with van der Waals surface area (Å²) in [5.74, 6) is 0. The first-order valence-corrected chi connectivity index (χ1v) is 8.56. The number of halogens is 2. The van der Waals surface area contributed by atoms with Crippen LogP contribution in [0.5, 0.6) is 0 Å². The molecule has 2 fully saturated rings. The second kappa shape index (κ2) is 5.27. The Bertz CT molecular complexity index is 807. The van der Waals surface area contributed by atoms with Crippen molar-refractivity contribution in [2.75, 3.05) is 13.1 Å². The van der Waals surface area contributed by atoms with Gasteiger partial charge in [0.2, 0.25) is 0 Å². The molecular weight excluding hydrogens is 329 g/mol. The van der Waals surface area contributed by atoms with Crippen LogP contribution in [0.25, 0.3) is 0 Å². The van der Waals surface area contributed by atoms with E-state index in [9.17, 15) is 0 Å². The Morgan fingerprint density at radius 3 is 2.87 bits per heavy atom. The van der Waals surface area contributed by atoms with E-state index in [-0.39, 0.29) is 10.8 Å². The molecule has 2 aromatic rings. The molecular formula is C18H17Cl2N3. The number of hydrogen-bond acceptors (Lipinski definition) is 2. The third kappa shape index (κ3) is 2.29. The highest BCUT2D eigenvalue weighted by molar-refractivity contribution is 6.42. The van der Waals surface area contributed by atoms with Gasteiger partial charge in [0, 0.05) is 36.3 Å². The van der Waals surface area contributed by atoms with Gasteiger partial charge in [-0.25, -0.2) is 0 Å². The van der Waals surface area contributed by atoms with Gasteiger partial charge in [-0.15, -0.1) is 0 Å². The quantitative estimate of drug-likeness (QED) is 0.913. The first-order chi connectivity index (χ1) is 11.1. The van der Waals surface area contributed by atoms with E-state index < -0.39 is 0 Å². The second-order valence-electron chi connectivity index (χ2n) is 6.78. The van der Waals surface area contributed by atoms with Gasteiger partial charge < -0.3 is 9.88 Å².